The molecule has 1 aromatic heterocycles. The van der Waals surface area contributed by atoms with Gasteiger partial charge in [-0.25, -0.2) is 0 Å². The summed E-state index contributed by atoms with van der Waals surface area (Å²) in [4.78, 5) is 13.6. The maximum atomic E-state index is 12.6. The van der Waals surface area contributed by atoms with Crippen molar-refractivity contribution in [1.29, 1.82) is 5.26 Å². The number of halogens is 3. The van der Waals surface area contributed by atoms with E-state index < -0.39 is 17.3 Å². The van der Waals surface area contributed by atoms with Gasteiger partial charge in [-0.3, -0.25) is 4.79 Å². The summed E-state index contributed by atoms with van der Waals surface area (Å²) in [5.41, 5.74) is -1.18. The fraction of sp³-hybridized carbons (Fsp3) is 0.0769. The number of aromatic nitrogens is 1. The Hall–Kier alpha value is -2.55. The second-order valence-electron chi connectivity index (χ2n) is 3.84. The fourth-order valence-electron chi connectivity index (χ4n) is 1.62. The summed E-state index contributed by atoms with van der Waals surface area (Å²) in [5.74, 6) is 0. The lowest BCUT2D eigenvalue weighted by atomic mass is 10.1. The van der Waals surface area contributed by atoms with Crippen LogP contribution < -0.4 is 5.56 Å². The molecule has 6 heteroatoms. The molecular weight excluding hydrogens is 257 g/mol. The maximum absolute atomic E-state index is 12.6. The molecule has 0 aliphatic heterocycles. The van der Waals surface area contributed by atoms with Crippen molar-refractivity contribution in [2.24, 2.45) is 0 Å². The summed E-state index contributed by atoms with van der Waals surface area (Å²) >= 11 is 0. The zero-order valence-electron chi connectivity index (χ0n) is 9.45. The van der Waals surface area contributed by atoms with Gasteiger partial charge in [-0.05, 0) is 23.8 Å². The molecule has 1 heterocycles. The highest BCUT2D eigenvalue weighted by Gasteiger charge is 2.31. The summed E-state index contributed by atoms with van der Waals surface area (Å²) in [6, 6.07) is 9.21. The Kier molecular flexibility index (Phi) is 3.13. The molecule has 2 aromatic rings. The minimum Gasteiger partial charge on any atom is -0.322 e. The predicted molar refractivity (Wildman–Crippen MR) is 62.2 cm³/mol. The van der Waals surface area contributed by atoms with Crippen molar-refractivity contribution in [3.8, 4) is 17.3 Å². The van der Waals surface area contributed by atoms with Crippen molar-refractivity contribution < 1.29 is 13.2 Å². The van der Waals surface area contributed by atoms with Crippen LogP contribution in [0.15, 0.2) is 41.2 Å². The highest BCUT2D eigenvalue weighted by molar-refractivity contribution is 5.62. The van der Waals surface area contributed by atoms with Gasteiger partial charge in [0.2, 0.25) is 5.56 Å². The molecule has 0 amide bonds. The second-order valence-corrected chi connectivity index (χ2v) is 3.84. The van der Waals surface area contributed by atoms with Crippen molar-refractivity contribution >= 4 is 0 Å². The molecule has 1 N–H and O–H groups in total. The first-order valence-corrected chi connectivity index (χ1v) is 5.22. The number of nitrogens with zero attached hydrogens (tertiary/aromatic N) is 1. The monoisotopic (exact) mass is 264 g/mol. The number of hydrogen-bond donors (Lipinski definition) is 1. The molecule has 96 valence electrons. The van der Waals surface area contributed by atoms with Crippen molar-refractivity contribution in [3.05, 3.63) is 57.9 Å². The van der Waals surface area contributed by atoms with Gasteiger partial charge in [0, 0.05) is 11.8 Å². The zero-order chi connectivity index (χ0) is 14.0. The molecule has 0 spiro atoms. The van der Waals surface area contributed by atoms with Gasteiger partial charge in [0.15, 0.2) is 0 Å². The summed E-state index contributed by atoms with van der Waals surface area (Å²) in [5, 5.41) is 8.75. The Labute approximate surface area is 105 Å². The van der Waals surface area contributed by atoms with Crippen molar-refractivity contribution in [1.82, 2.24) is 4.98 Å². The van der Waals surface area contributed by atoms with Gasteiger partial charge in [-0.15, -0.1) is 0 Å². The number of aromatic amines is 1. The first-order valence-electron chi connectivity index (χ1n) is 5.22. The van der Waals surface area contributed by atoms with E-state index in [1.54, 1.807) is 0 Å². The van der Waals surface area contributed by atoms with Crippen LogP contribution >= 0.6 is 0 Å². The largest absolute Gasteiger partial charge is 0.416 e. The van der Waals surface area contributed by atoms with Crippen molar-refractivity contribution in [2.45, 2.75) is 6.18 Å². The first kappa shape index (κ1) is 12.9. The molecule has 19 heavy (non-hydrogen) atoms. The van der Waals surface area contributed by atoms with Crippen LogP contribution in [0.3, 0.4) is 0 Å². The SMILES string of the molecule is N#Cc1cccc(-c2cc(C(F)(F)F)cc(=O)[nH]2)c1. The number of benzene rings is 1. The summed E-state index contributed by atoms with van der Waals surface area (Å²) in [6.45, 7) is 0. The van der Waals surface area contributed by atoms with Gasteiger partial charge < -0.3 is 4.98 Å². The Morgan fingerprint density at radius 1 is 1.16 bits per heavy atom. The normalized spacial score (nSPS) is 11.1. The topological polar surface area (TPSA) is 56.6 Å². The highest BCUT2D eigenvalue weighted by Crippen LogP contribution is 2.30. The Balaban J connectivity index is 2.60. The molecular formula is C13H7F3N2O. The molecule has 2 rings (SSSR count). The van der Waals surface area contributed by atoms with Crippen LogP contribution in [0.5, 0.6) is 0 Å². The van der Waals surface area contributed by atoms with Gasteiger partial charge in [0.05, 0.1) is 17.2 Å². The number of pyridine rings is 1. The van der Waals surface area contributed by atoms with Crippen LogP contribution in [0.2, 0.25) is 0 Å². The number of hydrogen-bond acceptors (Lipinski definition) is 2. The molecule has 0 saturated heterocycles. The van der Waals surface area contributed by atoms with Gasteiger partial charge >= 0.3 is 6.18 Å². The molecule has 0 fully saturated rings. The molecule has 0 aliphatic rings. The van der Waals surface area contributed by atoms with Crippen LogP contribution in [0.1, 0.15) is 11.1 Å². The van der Waals surface area contributed by atoms with E-state index in [1.165, 1.54) is 24.3 Å². The fourth-order valence-corrected chi connectivity index (χ4v) is 1.62. The number of nitrogens with one attached hydrogen (secondary N) is 1. The summed E-state index contributed by atoms with van der Waals surface area (Å²) in [6.07, 6.45) is -4.59. The van der Waals surface area contributed by atoms with Crippen molar-refractivity contribution in [3.63, 3.8) is 0 Å². The lowest BCUT2D eigenvalue weighted by molar-refractivity contribution is -0.137. The Morgan fingerprint density at radius 3 is 2.53 bits per heavy atom. The lowest BCUT2D eigenvalue weighted by Gasteiger charge is -2.08. The van der Waals surface area contributed by atoms with E-state index in [2.05, 4.69) is 4.98 Å². The van der Waals surface area contributed by atoms with Crippen LogP contribution in [-0.4, -0.2) is 4.98 Å². The molecule has 1 aromatic carbocycles. The van der Waals surface area contributed by atoms with Gasteiger partial charge in [0.25, 0.3) is 0 Å². The van der Waals surface area contributed by atoms with Crippen molar-refractivity contribution in [2.75, 3.05) is 0 Å². The van der Waals surface area contributed by atoms with E-state index in [9.17, 15) is 18.0 Å². The molecule has 0 atom stereocenters. The summed E-state index contributed by atoms with van der Waals surface area (Å²) < 4.78 is 37.8. The molecule has 0 saturated carbocycles. The predicted octanol–water partition coefficient (Wildman–Crippen LogP) is 2.93. The number of alkyl halides is 3. The minimum atomic E-state index is -4.59. The third-order valence-electron chi connectivity index (χ3n) is 2.47. The van der Waals surface area contributed by atoms with E-state index in [4.69, 9.17) is 5.26 Å². The number of nitriles is 1. The summed E-state index contributed by atoms with van der Waals surface area (Å²) in [7, 11) is 0. The van der Waals surface area contributed by atoms with Crippen LogP contribution in [0.25, 0.3) is 11.3 Å². The van der Waals surface area contributed by atoms with E-state index in [-0.39, 0.29) is 5.69 Å². The Morgan fingerprint density at radius 2 is 1.89 bits per heavy atom. The molecule has 0 aliphatic carbocycles. The molecule has 0 radical (unpaired) electrons. The average molecular weight is 264 g/mol. The van der Waals surface area contributed by atoms with E-state index in [0.717, 1.165) is 6.07 Å². The van der Waals surface area contributed by atoms with E-state index >= 15 is 0 Å². The van der Waals surface area contributed by atoms with E-state index in [1.807, 2.05) is 6.07 Å². The van der Waals surface area contributed by atoms with Crippen LogP contribution in [0.4, 0.5) is 13.2 Å². The van der Waals surface area contributed by atoms with E-state index in [0.29, 0.717) is 17.2 Å². The standard InChI is InChI=1S/C13H7F3N2O/c14-13(15,16)10-5-11(18-12(19)6-10)9-3-1-2-8(4-9)7-17/h1-6H,(H,18,19). The van der Waals surface area contributed by atoms with Crippen LogP contribution in [0, 0.1) is 11.3 Å². The molecule has 0 unspecified atom stereocenters. The highest BCUT2D eigenvalue weighted by atomic mass is 19.4. The average Bonchev–Trinajstić information content (AvgIpc) is 2.37. The molecule has 3 nitrogen and oxygen atoms in total. The molecule has 0 bridgehead atoms. The van der Waals surface area contributed by atoms with Gasteiger partial charge in [-0.2, -0.15) is 18.4 Å². The van der Waals surface area contributed by atoms with Gasteiger partial charge in [0.1, 0.15) is 0 Å². The third kappa shape index (κ3) is 2.83. The lowest BCUT2D eigenvalue weighted by Crippen LogP contribution is -2.13. The number of H-pyrrole nitrogens is 1. The number of rotatable bonds is 1. The Bertz CT molecular complexity index is 711. The minimum absolute atomic E-state index is 0.0249. The second kappa shape index (κ2) is 4.61. The maximum Gasteiger partial charge on any atom is 0.416 e. The van der Waals surface area contributed by atoms with Crippen LogP contribution in [-0.2, 0) is 6.18 Å². The quantitative estimate of drug-likeness (QED) is 0.860. The first-order chi connectivity index (χ1) is 8.90. The zero-order valence-corrected chi connectivity index (χ0v) is 9.45. The third-order valence-corrected chi connectivity index (χ3v) is 2.47. The van der Waals surface area contributed by atoms with Gasteiger partial charge in [-0.1, -0.05) is 12.1 Å². The smallest absolute Gasteiger partial charge is 0.322 e.